The smallest absolute Gasteiger partial charge is 0.118 e. The summed E-state index contributed by atoms with van der Waals surface area (Å²) < 4.78 is 10.5. The van der Waals surface area contributed by atoms with Crippen LogP contribution in [0.5, 0.6) is 5.75 Å². The second-order valence-electron chi connectivity index (χ2n) is 4.88. The van der Waals surface area contributed by atoms with Gasteiger partial charge in [0, 0.05) is 13.2 Å². The molecular weight excluding hydrogens is 254 g/mol. The monoisotopic (exact) mass is 281 g/mol. The molecule has 0 radical (unpaired) electrons. The van der Waals surface area contributed by atoms with Crippen LogP contribution in [0.2, 0.25) is 0 Å². The topological polar surface area (TPSA) is 50.7 Å². The summed E-state index contributed by atoms with van der Waals surface area (Å²) in [5.74, 6) is 0.876. The molecular formula is C16H27NO3. The van der Waals surface area contributed by atoms with E-state index in [2.05, 4.69) is 24.4 Å². The standard InChI is InChI=1S/C16H27NO3/c1-3-4-11-20-13-15(18)12-17-10-9-14-5-7-16(19-2)8-6-14/h5-8,15,17-18H,3-4,9-13H2,1-2H3. The summed E-state index contributed by atoms with van der Waals surface area (Å²) in [6, 6.07) is 8.05. The maximum Gasteiger partial charge on any atom is 0.118 e. The molecule has 0 aromatic heterocycles. The van der Waals surface area contributed by atoms with Gasteiger partial charge in [0.2, 0.25) is 0 Å². The summed E-state index contributed by atoms with van der Waals surface area (Å²) in [5, 5.41) is 13.0. The van der Waals surface area contributed by atoms with E-state index in [1.165, 1.54) is 5.56 Å². The van der Waals surface area contributed by atoms with Gasteiger partial charge in [0.05, 0.1) is 19.8 Å². The normalized spacial score (nSPS) is 12.3. The number of unbranched alkanes of at least 4 members (excludes halogenated alkanes) is 1. The van der Waals surface area contributed by atoms with Crippen molar-refractivity contribution in [1.82, 2.24) is 5.32 Å². The second kappa shape index (κ2) is 10.7. The van der Waals surface area contributed by atoms with E-state index < -0.39 is 6.10 Å². The van der Waals surface area contributed by atoms with Gasteiger partial charge in [-0.15, -0.1) is 0 Å². The fourth-order valence-corrected chi connectivity index (χ4v) is 1.82. The van der Waals surface area contributed by atoms with Crippen molar-refractivity contribution in [2.24, 2.45) is 0 Å². The number of nitrogens with one attached hydrogen (secondary N) is 1. The Morgan fingerprint density at radius 1 is 1.25 bits per heavy atom. The molecule has 1 rings (SSSR count). The van der Waals surface area contributed by atoms with Gasteiger partial charge in [-0.2, -0.15) is 0 Å². The van der Waals surface area contributed by atoms with Crippen molar-refractivity contribution in [1.29, 1.82) is 0 Å². The fraction of sp³-hybridized carbons (Fsp3) is 0.625. The lowest BCUT2D eigenvalue weighted by atomic mass is 10.1. The summed E-state index contributed by atoms with van der Waals surface area (Å²) >= 11 is 0. The second-order valence-corrected chi connectivity index (χ2v) is 4.88. The number of aliphatic hydroxyl groups excluding tert-OH is 1. The van der Waals surface area contributed by atoms with Gasteiger partial charge < -0.3 is 19.9 Å². The molecule has 4 heteroatoms. The molecule has 0 aliphatic heterocycles. The van der Waals surface area contributed by atoms with Crippen molar-refractivity contribution in [3.8, 4) is 5.75 Å². The van der Waals surface area contributed by atoms with Crippen molar-refractivity contribution >= 4 is 0 Å². The van der Waals surface area contributed by atoms with Crippen molar-refractivity contribution in [2.45, 2.75) is 32.3 Å². The van der Waals surface area contributed by atoms with E-state index in [0.29, 0.717) is 13.2 Å². The number of methoxy groups -OCH3 is 1. The van der Waals surface area contributed by atoms with Gasteiger partial charge in [-0.3, -0.25) is 0 Å². The maximum absolute atomic E-state index is 9.71. The van der Waals surface area contributed by atoms with Crippen molar-refractivity contribution in [3.63, 3.8) is 0 Å². The summed E-state index contributed by atoms with van der Waals surface area (Å²) in [7, 11) is 1.67. The Labute approximate surface area is 122 Å². The SMILES string of the molecule is CCCCOCC(O)CNCCc1ccc(OC)cc1. The third kappa shape index (κ3) is 7.48. The van der Waals surface area contributed by atoms with Crippen LogP contribution in [0.25, 0.3) is 0 Å². The molecule has 114 valence electrons. The van der Waals surface area contributed by atoms with E-state index in [1.807, 2.05) is 12.1 Å². The number of hydrogen-bond acceptors (Lipinski definition) is 4. The third-order valence-electron chi connectivity index (χ3n) is 3.08. The van der Waals surface area contributed by atoms with Crippen LogP contribution >= 0.6 is 0 Å². The Hall–Kier alpha value is -1.10. The average Bonchev–Trinajstić information content (AvgIpc) is 2.49. The van der Waals surface area contributed by atoms with Crippen LogP contribution in [-0.2, 0) is 11.2 Å². The van der Waals surface area contributed by atoms with Gasteiger partial charge in [0.25, 0.3) is 0 Å². The molecule has 1 atom stereocenters. The molecule has 1 aromatic carbocycles. The number of ether oxygens (including phenoxy) is 2. The fourth-order valence-electron chi connectivity index (χ4n) is 1.82. The van der Waals surface area contributed by atoms with Crippen molar-refractivity contribution < 1.29 is 14.6 Å². The lowest BCUT2D eigenvalue weighted by Gasteiger charge is -2.12. The first kappa shape index (κ1) is 17.0. The first-order chi connectivity index (χ1) is 9.76. The maximum atomic E-state index is 9.71. The van der Waals surface area contributed by atoms with Crippen LogP contribution < -0.4 is 10.1 Å². The van der Waals surface area contributed by atoms with Crippen LogP contribution in [0.1, 0.15) is 25.3 Å². The van der Waals surface area contributed by atoms with E-state index >= 15 is 0 Å². The summed E-state index contributed by atoms with van der Waals surface area (Å²) in [6.07, 6.45) is 2.68. The van der Waals surface area contributed by atoms with E-state index in [1.54, 1.807) is 7.11 Å². The number of benzene rings is 1. The van der Waals surface area contributed by atoms with Gasteiger partial charge in [-0.1, -0.05) is 25.5 Å². The Morgan fingerprint density at radius 2 is 2.00 bits per heavy atom. The number of hydrogen-bond donors (Lipinski definition) is 2. The highest BCUT2D eigenvalue weighted by atomic mass is 16.5. The van der Waals surface area contributed by atoms with Gasteiger partial charge >= 0.3 is 0 Å². The van der Waals surface area contributed by atoms with Crippen LogP contribution in [-0.4, -0.2) is 44.6 Å². The van der Waals surface area contributed by atoms with E-state index in [0.717, 1.165) is 38.2 Å². The minimum atomic E-state index is -0.428. The first-order valence-electron chi connectivity index (χ1n) is 7.35. The predicted octanol–water partition coefficient (Wildman–Crippen LogP) is 2.00. The van der Waals surface area contributed by atoms with E-state index in [9.17, 15) is 5.11 Å². The highest BCUT2D eigenvalue weighted by Gasteiger charge is 2.03. The Kier molecular flexibility index (Phi) is 9.04. The summed E-state index contributed by atoms with van der Waals surface area (Å²) in [6.45, 7) is 4.69. The molecule has 0 spiro atoms. The lowest BCUT2D eigenvalue weighted by Crippen LogP contribution is -2.31. The predicted molar refractivity (Wildman–Crippen MR) is 81.3 cm³/mol. The molecule has 1 aromatic rings. The van der Waals surface area contributed by atoms with E-state index in [-0.39, 0.29) is 0 Å². The van der Waals surface area contributed by atoms with Crippen molar-refractivity contribution in [2.75, 3.05) is 33.4 Å². The van der Waals surface area contributed by atoms with Crippen LogP contribution in [0, 0.1) is 0 Å². The quantitative estimate of drug-likeness (QED) is 0.609. The van der Waals surface area contributed by atoms with Crippen LogP contribution in [0.15, 0.2) is 24.3 Å². The minimum absolute atomic E-state index is 0.412. The minimum Gasteiger partial charge on any atom is -0.497 e. The average molecular weight is 281 g/mol. The zero-order valence-corrected chi connectivity index (χ0v) is 12.6. The Morgan fingerprint density at radius 3 is 2.65 bits per heavy atom. The highest BCUT2D eigenvalue weighted by Crippen LogP contribution is 2.11. The lowest BCUT2D eigenvalue weighted by molar-refractivity contribution is 0.0361. The summed E-state index contributed by atoms with van der Waals surface area (Å²) in [4.78, 5) is 0. The molecule has 0 saturated carbocycles. The van der Waals surface area contributed by atoms with Gasteiger partial charge in [0.15, 0.2) is 0 Å². The Balaban J connectivity index is 2.05. The zero-order valence-electron chi connectivity index (χ0n) is 12.6. The zero-order chi connectivity index (χ0) is 14.6. The van der Waals surface area contributed by atoms with Gasteiger partial charge in [-0.05, 0) is 37.1 Å². The van der Waals surface area contributed by atoms with Crippen molar-refractivity contribution in [3.05, 3.63) is 29.8 Å². The molecule has 4 nitrogen and oxygen atoms in total. The van der Waals surface area contributed by atoms with Crippen LogP contribution in [0.4, 0.5) is 0 Å². The van der Waals surface area contributed by atoms with Crippen LogP contribution in [0.3, 0.4) is 0 Å². The Bertz CT molecular complexity index is 340. The molecule has 0 fully saturated rings. The molecule has 20 heavy (non-hydrogen) atoms. The molecule has 1 unspecified atom stereocenters. The third-order valence-corrected chi connectivity index (χ3v) is 3.08. The molecule has 0 heterocycles. The molecule has 0 aliphatic carbocycles. The van der Waals surface area contributed by atoms with E-state index in [4.69, 9.17) is 9.47 Å². The molecule has 0 bridgehead atoms. The van der Waals surface area contributed by atoms with Gasteiger partial charge in [0.1, 0.15) is 5.75 Å². The highest BCUT2D eigenvalue weighted by molar-refractivity contribution is 5.27. The number of rotatable bonds is 11. The molecule has 2 N–H and O–H groups in total. The molecule has 0 aliphatic rings. The first-order valence-corrected chi connectivity index (χ1v) is 7.35. The molecule has 0 saturated heterocycles. The summed E-state index contributed by atoms with van der Waals surface area (Å²) in [5.41, 5.74) is 1.26. The largest absolute Gasteiger partial charge is 0.497 e. The molecule has 0 amide bonds. The van der Waals surface area contributed by atoms with Gasteiger partial charge in [-0.25, -0.2) is 0 Å². The number of aliphatic hydroxyl groups is 1.